The van der Waals surface area contributed by atoms with Crippen LogP contribution in [-0.2, 0) is 16.1 Å². The molecule has 0 N–H and O–H groups in total. The van der Waals surface area contributed by atoms with Crippen LogP contribution >= 0.6 is 11.6 Å². The van der Waals surface area contributed by atoms with Gasteiger partial charge in [0.1, 0.15) is 0 Å². The van der Waals surface area contributed by atoms with E-state index in [0.717, 1.165) is 11.3 Å². The first-order valence-corrected chi connectivity index (χ1v) is 8.85. The van der Waals surface area contributed by atoms with Gasteiger partial charge >= 0.3 is 0 Å². The van der Waals surface area contributed by atoms with Crippen molar-refractivity contribution in [1.29, 1.82) is 0 Å². The third kappa shape index (κ3) is 4.02. The number of halogens is 1. The second-order valence-electron chi connectivity index (χ2n) is 6.22. The van der Waals surface area contributed by atoms with E-state index in [1.807, 2.05) is 54.3 Å². The molecule has 1 aliphatic heterocycles. The van der Waals surface area contributed by atoms with Crippen molar-refractivity contribution in [2.24, 2.45) is 5.92 Å². The van der Waals surface area contributed by atoms with Crippen molar-refractivity contribution >= 4 is 29.1 Å². The summed E-state index contributed by atoms with van der Waals surface area (Å²) in [6, 6.07) is 17.1. The third-order valence-corrected chi connectivity index (χ3v) is 4.77. The van der Waals surface area contributed by atoms with Gasteiger partial charge in [-0.2, -0.15) is 0 Å². The second-order valence-corrected chi connectivity index (χ2v) is 6.66. The minimum Gasteiger partial charge on any atom is -0.338 e. The molecule has 25 heavy (non-hydrogen) atoms. The van der Waals surface area contributed by atoms with Gasteiger partial charge in [-0.15, -0.1) is 0 Å². The molecule has 1 aliphatic rings. The maximum absolute atomic E-state index is 12.9. The SMILES string of the molecule is CCN(Cc1ccccc1)C(=O)[C@@H]1CC(=O)N(c2ccc(Cl)cc2)C1. The maximum atomic E-state index is 12.9. The predicted molar refractivity (Wildman–Crippen MR) is 99.4 cm³/mol. The van der Waals surface area contributed by atoms with Gasteiger partial charge in [0.15, 0.2) is 0 Å². The van der Waals surface area contributed by atoms with Gasteiger partial charge in [-0.3, -0.25) is 9.59 Å². The number of amides is 2. The van der Waals surface area contributed by atoms with Crippen molar-refractivity contribution in [3.63, 3.8) is 0 Å². The van der Waals surface area contributed by atoms with Gasteiger partial charge < -0.3 is 9.80 Å². The monoisotopic (exact) mass is 356 g/mol. The fraction of sp³-hybridized carbons (Fsp3) is 0.300. The van der Waals surface area contributed by atoms with Crippen molar-refractivity contribution in [2.75, 3.05) is 18.0 Å². The molecule has 0 aliphatic carbocycles. The average molecular weight is 357 g/mol. The van der Waals surface area contributed by atoms with Gasteiger partial charge in [-0.1, -0.05) is 41.9 Å². The summed E-state index contributed by atoms with van der Waals surface area (Å²) < 4.78 is 0. The van der Waals surface area contributed by atoms with Gasteiger partial charge in [0.25, 0.3) is 0 Å². The topological polar surface area (TPSA) is 40.6 Å². The van der Waals surface area contributed by atoms with Gasteiger partial charge in [-0.05, 0) is 36.8 Å². The third-order valence-electron chi connectivity index (χ3n) is 4.52. The Morgan fingerprint density at radius 1 is 1.16 bits per heavy atom. The molecule has 2 amide bonds. The molecule has 2 aromatic rings. The minimum absolute atomic E-state index is 0.0172. The van der Waals surface area contributed by atoms with Gasteiger partial charge in [0, 0.05) is 36.8 Å². The highest BCUT2D eigenvalue weighted by atomic mass is 35.5. The molecule has 1 heterocycles. The fourth-order valence-electron chi connectivity index (χ4n) is 3.15. The molecular formula is C20H21ClN2O2. The lowest BCUT2D eigenvalue weighted by atomic mass is 10.1. The van der Waals surface area contributed by atoms with E-state index in [-0.39, 0.29) is 24.2 Å². The molecular weight excluding hydrogens is 336 g/mol. The Morgan fingerprint density at radius 2 is 1.84 bits per heavy atom. The Hall–Kier alpha value is -2.33. The summed E-state index contributed by atoms with van der Waals surface area (Å²) in [5, 5.41) is 0.628. The van der Waals surface area contributed by atoms with E-state index >= 15 is 0 Å². The number of hydrogen-bond donors (Lipinski definition) is 0. The lowest BCUT2D eigenvalue weighted by molar-refractivity contribution is -0.136. The van der Waals surface area contributed by atoms with Crippen molar-refractivity contribution < 1.29 is 9.59 Å². The molecule has 3 rings (SSSR count). The molecule has 0 radical (unpaired) electrons. The minimum atomic E-state index is -0.299. The molecule has 4 nitrogen and oxygen atoms in total. The molecule has 0 saturated carbocycles. The van der Waals surface area contributed by atoms with Crippen molar-refractivity contribution in [3.8, 4) is 0 Å². The highest BCUT2D eigenvalue weighted by Gasteiger charge is 2.36. The van der Waals surface area contributed by atoms with Crippen LogP contribution in [0.4, 0.5) is 5.69 Å². The van der Waals surface area contributed by atoms with E-state index < -0.39 is 0 Å². The quantitative estimate of drug-likeness (QED) is 0.818. The van der Waals surface area contributed by atoms with Gasteiger partial charge in [0.05, 0.1) is 5.92 Å². The number of carbonyl (C=O) groups excluding carboxylic acids is 2. The van der Waals surface area contributed by atoms with Crippen molar-refractivity contribution in [1.82, 2.24) is 4.90 Å². The van der Waals surface area contributed by atoms with Gasteiger partial charge in [-0.25, -0.2) is 0 Å². The van der Waals surface area contributed by atoms with Crippen LogP contribution in [0.5, 0.6) is 0 Å². The first kappa shape index (κ1) is 17.5. The zero-order valence-corrected chi connectivity index (χ0v) is 14.9. The zero-order chi connectivity index (χ0) is 17.8. The number of anilines is 1. The van der Waals surface area contributed by atoms with Crippen LogP contribution in [-0.4, -0.2) is 29.8 Å². The normalized spacial score (nSPS) is 17.0. The summed E-state index contributed by atoms with van der Waals surface area (Å²) >= 11 is 5.91. The lowest BCUT2D eigenvalue weighted by Crippen LogP contribution is -2.37. The van der Waals surface area contributed by atoms with Crippen LogP contribution in [0.3, 0.4) is 0 Å². The summed E-state index contributed by atoms with van der Waals surface area (Å²) in [5.41, 5.74) is 1.88. The second kappa shape index (κ2) is 7.70. The molecule has 130 valence electrons. The largest absolute Gasteiger partial charge is 0.338 e. The molecule has 1 atom stereocenters. The van der Waals surface area contributed by atoms with Crippen molar-refractivity contribution in [3.05, 3.63) is 65.2 Å². The van der Waals surface area contributed by atoms with E-state index in [2.05, 4.69) is 0 Å². The molecule has 1 fully saturated rings. The number of rotatable bonds is 5. The van der Waals surface area contributed by atoms with E-state index in [0.29, 0.717) is 24.7 Å². The highest BCUT2D eigenvalue weighted by molar-refractivity contribution is 6.30. The predicted octanol–water partition coefficient (Wildman–Crippen LogP) is 3.74. The van der Waals surface area contributed by atoms with E-state index in [9.17, 15) is 9.59 Å². The fourth-order valence-corrected chi connectivity index (χ4v) is 3.28. The Balaban J connectivity index is 1.69. The number of benzene rings is 2. The molecule has 0 bridgehead atoms. The van der Waals surface area contributed by atoms with E-state index in [1.165, 1.54) is 0 Å². The van der Waals surface area contributed by atoms with Crippen LogP contribution in [0, 0.1) is 5.92 Å². The molecule has 1 saturated heterocycles. The van der Waals surface area contributed by atoms with Crippen LogP contribution in [0.15, 0.2) is 54.6 Å². The molecule has 2 aromatic carbocycles. The van der Waals surface area contributed by atoms with Crippen LogP contribution < -0.4 is 4.90 Å². The first-order valence-electron chi connectivity index (χ1n) is 8.47. The Labute approximate surface area is 153 Å². The van der Waals surface area contributed by atoms with Crippen LogP contribution in [0.2, 0.25) is 5.02 Å². The number of nitrogens with zero attached hydrogens (tertiary/aromatic N) is 2. The Kier molecular flexibility index (Phi) is 5.39. The van der Waals surface area contributed by atoms with E-state index in [4.69, 9.17) is 11.6 Å². The summed E-state index contributed by atoms with van der Waals surface area (Å²) in [5.74, 6) is -0.278. The zero-order valence-electron chi connectivity index (χ0n) is 14.2. The molecule has 5 heteroatoms. The lowest BCUT2D eigenvalue weighted by Gasteiger charge is -2.24. The summed E-state index contributed by atoms with van der Waals surface area (Å²) in [7, 11) is 0. The number of hydrogen-bond acceptors (Lipinski definition) is 2. The highest BCUT2D eigenvalue weighted by Crippen LogP contribution is 2.27. The first-order chi connectivity index (χ1) is 12.1. The summed E-state index contributed by atoms with van der Waals surface area (Å²) in [6.07, 6.45) is 0.257. The molecule has 0 unspecified atom stereocenters. The summed E-state index contributed by atoms with van der Waals surface area (Å²) in [4.78, 5) is 28.7. The van der Waals surface area contributed by atoms with Gasteiger partial charge in [0.2, 0.25) is 11.8 Å². The maximum Gasteiger partial charge on any atom is 0.228 e. The van der Waals surface area contributed by atoms with Crippen LogP contribution in [0.25, 0.3) is 0 Å². The molecule has 0 aromatic heterocycles. The molecule has 0 spiro atoms. The number of carbonyl (C=O) groups is 2. The van der Waals surface area contributed by atoms with Crippen LogP contribution in [0.1, 0.15) is 18.9 Å². The van der Waals surface area contributed by atoms with E-state index in [1.54, 1.807) is 17.0 Å². The average Bonchev–Trinajstić information content (AvgIpc) is 3.02. The summed E-state index contributed by atoms with van der Waals surface area (Å²) in [6.45, 7) is 3.58. The Bertz CT molecular complexity index is 746. The van der Waals surface area contributed by atoms with Crippen molar-refractivity contribution in [2.45, 2.75) is 19.9 Å². The Morgan fingerprint density at radius 3 is 2.48 bits per heavy atom. The standard InChI is InChI=1S/C20H21ClN2O2/c1-2-22(13-15-6-4-3-5-7-15)20(25)16-12-19(24)23(14-16)18-10-8-17(21)9-11-18/h3-11,16H,2,12-14H2,1H3/t16-/m1/s1. The smallest absolute Gasteiger partial charge is 0.228 e.